The summed E-state index contributed by atoms with van der Waals surface area (Å²) in [6, 6.07) is 7.56. The standard InChI is InChI=1S/C12H12N2OS2/c1-16-10-4-2-9(3-5-10)11(15)8-14-6-7-17-12(14)13/h2-7,13H,8H2,1H3. The van der Waals surface area contributed by atoms with Gasteiger partial charge < -0.3 is 4.57 Å². The fraction of sp³-hybridized carbons (Fsp3) is 0.167. The highest BCUT2D eigenvalue weighted by atomic mass is 32.2. The Morgan fingerprint density at radius 2 is 2.12 bits per heavy atom. The molecule has 0 atom stereocenters. The maximum absolute atomic E-state index is 12.0. The van der Waals surface area contributed by atoms with Crippen molar-refractivity contribution in [2.24, 2.45) is 0 Å². The quantitative estimate of drug-likeness (QED) is 0.681. The number of carbonyl (C=O) groups is 1. The Hall–Kier alpha value is -1.33. The van der Waals surface area contributed by atoms with Crippen molar-refractivity contribution in [3.63, 3.8) is 0 Å². The van der Waals surface area contributed by atoms with Gasteiger partial charge in [0.25, 0.3) is 0 Å². The van der Waals surface area contributed by atoms with E-state index >= 15 is 0 Å². The summed E-state index contributed by atoms with van der Waals surface area (Å²) < 4.78 is 1.65. The number of nitrogens with one attached hydrogen (secondary N) is 1. The van der Waals surface area contributed by atoms with Crippen LogP contribution >= 0.6 is 23.1 Å². The zero-order chi connectivity index (χ0) is 12.3. The summed E-state index contributed by atoms with van der Waals surface area (Å²) in [5.74, 6) is 0.0366. The van der Waals surface area contributed by atoms with Crippen LogP contribution in [0.5, 0.6) is 0 Å². The van der Waals surface area contributed by atoms with Crippen molar-refractivity contribution >= 4 is 28.9 Å². The molecule has 0 spiro atoms. The molecular weight excluding hydrogens is 252 g/mol. The molecule has 0 bridgehead atoms. The van der Waals surface area contributed by atoms with Crippen molar-refractivity contribution in [1.29, 1.82) is 5.41 Å². The Labute approximate surface area is 108 Å². The minimum absolute atomic E-state index is 0.0366. The van der Waals surface area contributed by atoms with Gasteiger partial charge in [0.2, 0.25) is 0 Å². The number of hydrogen-bond donors (Lipinski definition) is 1. The minimum Gasteiger partial charge on any atom is -0.316 e. The highest BCUT2D eigenvalue weighted by Crippen LogP contribution is 2.15. The van der Waals surface area contributed by atoms with Crippen molar-refractivity contribution in [3.05, 3.63) is 46.2 Å². The van der Waals surface area contributed by atoms with E-state index in [1.54, 1.807) is 22.5 Å². The molecule has 0 aliphatic carbocycles. The van der Waals surface area contributed by atoms with Gasteiger partial charge in [-0.15, -0.1) is 23.1 Å². The Bertz CT molecular complexity index is 569. The molecular formula is C12H12N2OS2. The van der Waals surface area contributed by atoms with Crippen molar-refractivity contribution in [2.75, 3.05) is 6.26 Å². The van der Waals surface area contributed by atoms with Crippen LogP contribution in [0.3, 0.4) is 0 Å². The number of aromatic nitrogens is 1. The smallest absolute Gasteiger partial charge is 0.182 e. The summed E-state index contributed by atoms with van der Waals surface area (Å²) in [4.78, 5) is 13.5. The monoisotopic (exact) mass is 264 g/mol. The van der Waals surface area contributed by atoms with Crippen LogP contribution < -0.4 is 4.80 Å². The van der Waals surface area contributed by atoms with E-state index in [4.69, 9.17) is 5.41 Å². The van der Waals surface area contributed by atoms with Crippen LogP contribution in [0.2, 0.25) is 0 Å². The minimum atomic E-state index is 0.0366. The molecule has 88 valence electrons. The van der Waals surface area contributed by atoms with Gasteiger partial charge in [-0.2, -0.15) is 0 Å². The molecule has 17 heavy (non-hydrogen) atoms. The molecule has 0 fully saturated rings. The fourth-order valence-corrected chi connectivity index (χ4v) is 2.46. The van der Waals surface area contributed by atoms with Gasteiger partial charge in [-0.25, -0.2) is 0 Å². The molecule has 1 heterocycles. The van der Waals surface area contributed by atoms with Crippen LogP contribution in [0.4, 0.5) is 0 Å². The van der Waals surface area contributed by atoms with E-state index in [2.05, 4.69) is 0 Å². The number of thioether (sulfide) groups is 1. The molecule has 0 saturated carbocycles. The van der Waals surface area contributed by atoms with Crippen molar-refractivity contribution in [3.8, 4) is 0 Å². The van der Waals surface area contributed by atoms with E-state index in [0.717, 1.165) is 4.90 Å². The van der Waals surface area contributed by atoms with Gasteiger partial charge in [-0.05, 0) is 18.4 Å². The van der Waals surface area contributed by atoms with Crippen LogP contribution in [-0.4, -0.2) is 16.6 Å². The topological polar surface area (TPSA) is 45.9 Å². The fourth-order valence-electron chi connectivity index (χ4n) is 1.45. The molecule has 1 N–H and O–H groups in total. The van der Waals surface area contributed by atoms with Crippen LogP contribution in [0, 0.1) is 5.41 Å². The predicted octanol–water partition coefficient (Wildman–Crippen LogP) is 2.63. The lowest BCUT2D eigenvalue weighted by Crippen LogP contribution is -2.18. The lowest BCUT2D eigenvalue weighted by molar-refractivity contribution is 0.0971. The molecule has 0 aliphatic rings. The number of ketones is 1. The third-order valence-electron chi connectivity index (χ3n) is 2.41. The number of Topliss-reactive ketones (excluding diaryl/α,β-unsaturated/α-hetero) is 1. The summed E-state index contributed by atoms with van der Waals surface area (Å²) in [7, 11) is 0. The van der Waals surface area contributed by atoms with Gasteiger partial charge in [0, 0.05) is 22.0 Å². The average molecular weight is 264 g/mol. The van der Waals surface area contributed by atoms with Crippen molar-refractivity contribution < 1.29 is 4.79 Å². The first-order chi connectivity index (χ1) is 8.20. The first-order valence-electron chi connectivity index (χ1n) is 5.06. The zero-order valence-electron chi connectivity index (χ0n) is 9.34. The van der Waals surface area contributed by atoms with Gasteiger partial charge in [0.05, 0.1) is 6.54 Å². The van der Waals surface area contributed by atoms with E-state index in [1.165, 1.54) is 11.3 Å². The Balaban J connectivity index is 2.14. The molecule has 0 saturated heterocycles. The molecule has 0 amide bonds. The van der Waals surface area contributed by atoms with Crippen LogP contribution in [0.1, 0.15) is 10.4 Å². The number of carbonyl (C=O) groups excluding carboxylic acids is 1. The van der Waals surface area contributed by atoms with E-state index in [9.17, 15) is 4.79 Å². The van der Waals surface area contributed by atoms with Gasteiger partial charge in [-0.1, -0.05) is 12.1 Å². The summed E-state index contributed by atoms with van der Waals surface area (Å²) in [5, 5.41) is 9.41. The predicted molar refractivity (Wildman–Crippen MR) is 70.7 cm³/mol. The van der Waals surface area contributed by atoms with E-state index in [0.29, 0.717) is 10.4 Å². The summed E-state index contributed by atoms with van der Waals surface area (Å²) in [6.45, 7) is 0.237. The second kappa shape index (κ2) is 5.33. The molecule has 3 nitrogen and oxygen atoms in total. The Morgan fingerprint density at radius 1 is 1.41 bits per heavy atom. The first-order valence-corrected chi connectivity index (χ1v) is 7.17. The van der Waals surface area contributed by atoms with Crippen molar-refractivity contribution in [1.82, 2.24) is 4.57 Å². The summed E-state index contributed by atoms with van der Waals surface area (Å²) in [6.07, 6.45) is 3.77. The second-order valence-electron chi connectivity index (χ2n) is 3.49. The molecule has 1 aromatic heterocycles. The third-order valence-corrected chi connectivity index (χ3v) is 3.87. The zero-order valence-corrected chi connectivity index (χ0v) is 11.0. The molecule has 0 unspecified atom stereocenters. The summed E-state index contributed by atoms with van der Waals surface area (Å²) in [5.41, 5.74) is 0.695. The lowest BCUT2D eigenvalue weighted by atomic mass is 10.1. The number of nitrogens with zero attached hydrogens (tertiary/aromatic N) is 1. The van der Waals surface area contributed by atoms with E-state index in [1.807, 2.05) is 35.9 Å². The van der Waals surface area contributed by atoms with Crippen LogP contribution in [0.25, 0.3) is 0 Å². The SMILES string of the molecule is CSc1ccc(C(=O)Cn2ccsc2=N)cc1. The maximum Gasteiger partial charge on any atom is 0.182 e. The van der Waals surface area contributed by atoms with Gasteiger partial charge in [0.1, 0.15) is 0 Å². The third kappa shape index (κ3) is 2.87. The first kappa shape index (κ1) is 12.1. The van der Waals surface area contributed by atoms with E-state index < -0.39 is 0 Å². The van der Waals surface area contributed by atoms with Crippen molar-refractivity contribution in [2.45, 2.75) is 11.4 Å². The molecule has 5 heteroatoms. The van der Waals surface area contributed by atoms with Crippen LogP contribution in [-0.2, 0) is 6.54 Å². The highest BCUT2D eigenvalue weighted by molar-refractivity contribution is 7.98. The lowest BCUT2D eigenvalue weighted by Gasteiger charge is -2.03. The largest absolute Gasteiger partial charge is 0.316 e. The number of hydrogen-bond acceptors (Lipinski definition) is 4. The molecule has 0 radical (unpaired) electrons. The molecule has 1 aromatic carbocycles. The maximum atomic E-state index is 12.0. The van der Waals surface area contributed by atoms with E-state index in [-0.39, 0.29) is 12.3 Å². The summed E-state index contributed by atoms with van der Waals surface area (Å²) >= 11 is 2.97. The number of thiazole rings is 1. The highest BCUT2D eigenvalue weighted by Gasteiger charge is 2.07. The van der Waals surface area contributed by atoms with Gasteiger partial charge in [0.15, 0.2) is 10.6 Å². The molecule has 0 aliphatic heterocycles. The van der Waals surface area contributed by atoms with Crippen LogP contribution in [0.15, 0.2) is 40.7 Å². The number of rotatable bonds is 4. The average Bonchev–Trinajstić information content (AvgIpc) is 2.75. The second-order valence-corrected chi connectivity index (χ2v) is 5.26. The molecule has 2 aromatic rings. The number of benzene rings is 1. The Kier molecular flexibility index (Phi) is 3.81. The Morgan fingerprint density at radius 3 is 2.65 bits per heavy atom. The normalized spacial score (nSPS) is 10.4. The van der Waals surface area contributed by atoms with Gasteiger partial charge >= 0.3 is 0 Å². The van der Waals surface area contributed by atoms with Gasteiger partial charge in [-0.3, -0.25) is 10.2 Å². The molecule has 2 rings (SSSR count).